The van der Waals surface area contributed by atoms with E-state index in [2.05, 4.69) is 6.92 Å². The lowest BCUT2D eigenvalue weighted by Gasteiger charge is -2.17. The molecule has 0 radical (unpaired) electrons. The lowest BCUT2D eigenvalue weighted by Crippen LogP contribution is -2.31. The number of unbranched alkanes of at least 4 members (excludes halogenated alkanes) is 1. The van der Waals surface area contributed by atoms with Gasteiger partial charge in [-0.15, -0.1) is 0 Å². The van der Waals surface area contributed by atoms with Gasteiger partial charge in [-0.3, -0.25) is 4.79 Å². The predicted octanol–water partition coefficient (Wildman–Crippen LogP) is 1.44. The van der Waals surface area contributed by atoms with E-state index in [1.807, 2.05) is 0 Å². The molecule has 0 aliphatic carbocycles. The van der Waals surface area contributed by atoms with Gasteiger partial charge in [-0.2, -0.15) is 0 Å². The number of aromatic nitrogens is 1. The molecular formula is C12H18N2O3. The third-order valence-corrected chi connectivity index (χ3v) is 2.63. The second kappa shape index (κ2) is 6.08. The molecule has 0 atom stereocenters. The molecule has 1 aromatic rings. The van der Waals surface area contributed by atoms with Gasteiger partial charge in [0.1, 0.15) is 12.2 Å². The fraction of sp³-hybridized carbons (Fsp3) is 0.500. The fourth-order valence-electron chi connectivity index (χ4n) is 1.53. The average Bonchev–Trinajstić information content (AvgIpc) is 2.73. The van der Waals surface area contributed by atoms with Gasteiger partial charge in [-0.1, -0.05) is 13.3 Å². The van der Waals surface area contributed by atoms with E-state index >= 15 is 0 Å². The largest absolute Gasteiger partial charge is 0.477 e. The molecule has 1 aromatic heterocycles. The van der Waals surface area contributed by atoms with Gasteiger partial charge in [0, 0.05) is 19.8 Å². The smallest absolute Gasteiger partial charge is 0.352 e. The van der Waals surface area contributed by atoms with Crippen LogP contribution in [0.5, 0.6) is 0 Å². The number of aromatic carboxylic acids is 1. The molecule has 5 nitrogen and oxygen atoms in total. The van der Waals surface area contributed by atoms with Crippen molar-refractivity contribution < 1.29 is 14.7 Å². The number of rotatable bonds is 6. The molecule has 0 saturated carbocycles. The summed E-state index contributed by atoms with van der Waals surface area (Å²) in [6.07, 6.45) is 3.59. The summed E-state index contributed by atoms with van der Waals surface area (Å²) in [5.74, 6) is -1.09. The van der Waals surface area contributed by atoms with Crippen LogP contribution in [0.4, 0.5) is 0 Å². The standard InChI is InChI=1S/C12H18N2O3/c1-3-4-7-13(2)11(15)9-14-8-5-6-10(14)12(16)17/h5-6,8H,3-4,7,9H2,1-2H3,(H,16,17). The second-order valence-electron chi connectivity index (χ2n) is 4.00. The van der Waals surface area contributed by atoms with E-state index in [9.17, 15) is 9.59 Å². The second-order valence-corrected chi connectivity index (χ2v) is 4.00. The molecule has 94 valence electrons. The van der Waals surface area contributed by atoms with Crippen LogP contribution in [-0.4, -0.2) is 40.0 Å². The van der Waals surface area contributed by atoms with Crippen molar-refractivity contribution in [3.63, 3.8) is 0 Å². The molecule has 0 fully saturated rings. The monoisotopic (exact) mass is 238 g/mol. The highest BCUT2D eigenvalue weighted by molar-refractivity contribution is 5.86. The Hall–Kier alpha value is -1.78. The molecule has 0 bridgehead atoms. The van der Waals surface area contributed by atoms with Crippen LogP contribution in [0.2, 0.25) is 0 Å². The molecule has 1 rings (SSSR count). The van der Waals surface area contributed by atoms with Gasteiger partial charge in [-0.05, 0) is 18.6 Å². The minimum Gasteiger partial charge on any atom is -0.477 e. The normalized spacial score (nSPS) is 10.2. The number of carbonyl (C=O) groups is 2. The van der Waals surface area contributed by atoms with E-state index in [0.29, 0.717) is 6.54 Å². The summed E-state index contributed by atoms with van der Waals surface area (Å²) in [6, 6.07) is 3.12. The Labute approximate surface area is 101 Å². The molecule has 0 aromatic carbocycles. The van der Waals surface area contributed by atoms with Crippen LogP contribution in [0, 0.1) is 0 Å². The molecule has 0 saturated heterocycles. The number of hydrogen-bond donors (Lipinski definition) is 1. The lowest BCUT2D eigenvalue weighted by molar-refractivity contribution is -0.130. The van der Waals surface area contributed by atoms with Crippen LogP contribution in [0.15, 0.2) is 18.3 Å². The highest BCUT2D eigenvalue weighted by Crippen LogP contribution is 2.03. The molecule has 0 unspecified atom stereocenters. The highest BCUT2D eigenvalue weighted by Gasteiger charge is 2.13. The number of likely N-dealkylation sites (N-methyl/N-ethyl adjacent to an activating group) is 1. The van der Waals surface area contributed by atoms with Crippen molar-refractivity contribution in [2.45, 2.75) is 26.3 Å². The van der Waals surface area contributed by atoms with E-state index < -0.39 is 5.97 Å². The SMILES string of the molecule is CCCCN(C)C(=O)Cn1cccc1C(=O)O. The van der Waals surface area contributed by atoms with Gasteiger partial charge < -0.3 is 14.6 Å². The summed E-state index contributed by atoms with van der Waals surface area (Å²) in [5.41, 5.74) is 0.141. The molecule has 5 heteroatoms. The quantitative estimate of drug-likeness (QED) is 0.815. The first-order valence-corrected chi connectivity index (χ1v) is 5.68. The predicted molar refractivity (Wildman–Crippen MR) is 63.9 cm³/mol. The maximum Gasteiger partial charge on any atom is 0.352 e. The van der Waals surface area contributed by atoms with Crippen LogP contribution in [0.3, 0.4) is 0 Å². The lowest BCUT2D eigenvalue weighted by atomic mass is 10.3. The number of carboxylic acid groups (broad SMARTS) is 1. The van der Waals surface area contributed by atoms with Crippen LogP contribution < -0.4 is 0 Å². The Morgan fingerprint density at radius 1 is 1.47 bits per heavy atom. The van der Waals surface area contributed by atoms with E-state index in [0.717, 1.165) is 12.8 Å². The minimum atomic E-state index is -1.01. The summed E-state index contributed by atoms with van der Waals surface area (Å²) in [5, 5.41) is 8.90. The summed E-state index contributed by atoms with van der Waals surface area (Å²) in [6.45, 7) is 2.85. The number of carboxylic acids is 1. The first kappa shape index (κ1) is 13.3. The van der Waals surface area contributed by atoms with Crippen molar-refractivity contribution in [1.29, 1.82) is 0 Å². The Morgan fingerprint density at radius 2 is 2.18 bits per heavy atom. The van der Waals surface area contributed by atoms with Gasteiger partial charge in [0.25, 0.3) is 0 Å². The van der Waals surface area contributed by atoms with Crippen molar-refractivity contribution in [2.75, 3.05) is 13.6 Å². The molecule has 0 aliphatic rings. The van der Waals surface area contributed by atoms with Crippen molar-refractivity contribution in [2.24, 2.45) is 0 Å². The van der Waals surface area contributed by atoms with Crippen LogP contribution >= 0.6 is 0 Å². The van der Waals surface area contributed by atoms with E-state index in [-0.39, 0.29) is 18.1 Å². The van der Waals surface area contributed by atoms with Crippen molar-refractivity contribution in [1.82, 2.24) is 9.47 Å². The Balaban J connectivity index is 2.61. The third-order valence-electron chi connectivity index (χ3n) is 2.63. The van der Waals surface area contributed by atoms with Gasteiger partial charge in [-0.25, -0.2) is 4.79 Å². The molecule has 0 aliphatic heterocycles. The fourth-order valence-corrected chi connectivity index (χ4v) is 1.53. The van der Waals surface area contributed by atoms with Crippen LogP contribution in [-0.2, 0) is 11.3 Å². The number of amides is 1. The number of hydrogen-bond acceptors (Lipinski definition) is 2. The zero-order chi connectivity index (χ0) is 12.8. The van der Waals surface area contributed by atoms with Gasteiger partial charge in [0.2, 0.25) is 5.91 Å². The van der Waals surface area contributed by atoms with Crippen LogP contribution in [0.25, 0.3) is 0 Å². The zero-order valence-corrected chi connectivity index (χ0v) is 10.2. The third kappa shape index (κ3) is 3.62. The Morgan fingerprint density at radius 3 is 2.76 bits per heavy atom. The average molecular weight is 238 g/mol. The van der Waals surface area contributed by atoms with Crippen molar-refractivity contribution in [3.05, 3.63) is 24.0 Å². The maximum absolute atomic E-state index is 11.8. The van der Waals surface area contributed by atoms with Gasteiger partial charge in [0.05, 0.1) is 0 Å². The molecule has 1 N–H and O–H groups in total. The molecule has 17 heavy (non-hydrogen) atoms. The number of carbonyl (C=O) groups excluding carboxylic acids is 1. The summed E-state index contributed by atoms with van der Waals surface area (Å²) in [7, 11) is 1.74. The summed E-state index contributed by atoms with van der Waals surface area (Å²) in [4.78, 5) is 24.3. The van der Waals surface area contributed by atoms with E-state index in [4.69, 9.17) is 5.11 Å². The summed E-state index contributed by atoms with van der Waals surface area (Å²) >= 11 is 0. The van der Waals surface area contributed by atoms with Gasteiger partial charge in [0.15, 0.2) is 0 Å². The van der Waals surface area contributed by atoms with Crippen LogP contribution in [0.1, 0.15) is 30.3 Å². The molecular weight excluding hydrogens is 220 g/mol. The van der Waals surface area contributed by atoms with Gasteiger partial charge >= 0.3 is 5.97 Å². The molecule has 0 spiro atoms. The zero-order valence-electron chi connectivity index (χ0n) is 10.2. The summed E-state index contributed by atoms with van der Waals surface area (Å²) < 4.78 is 1.45. The van der Waals surface area contributed by atoms with Crippen molar-refractivity contribution >= 4 is 11.9 Å². The highest BCUT2D eigenvalue weighted by atomic mass is 16.4. The topological polar surface area (TPSA) is 62.5 Å². The first-order valence-electron chi connectivity index (χ1n) is 5.68. The number of nitrogens with zero attached hydrogens (tertiary/aromatic N) is 2. The van der Waals surface area contributed by atoms with E-state index in [1.165, 1.54) is 10.6 Å². The van der Waals surface area contributed by atoms with Crippen molar-refractivity contribution in [3.8, 4) is 0 Å². The maximum atomic E-state index is 11.8. The van der Waals surface area contributed by atoms with E-state index in [1.54, 1.807) is 24.2 Å². The molecule has 1 amide bonds. The Bertz CT molecular complexity index is 398. The Kier molecular flexibility index (Phi) is 4.75. The first-order chi connectivity index (χ1) is 8.06. The minimum absolute atomic E-state index is 0.0721. The molecule has 1 heterocycles.